The van der Waals surface area contributed by atoms with Crippen LogP contribution in [0.15, 0.2) is 68.5 Å². The van der Waals surface area contributed by atoms with Gasteiger partial charge < -0.3 is 19.2 Å². The van der Waals surface area contributed by atoms with Crippen LogP contribution in [0.5, 0.6) is 11.5 Å². The molecule has 7 heteroatoms. The number of ether oxygens (including phenoxy) is 1. The van der Waals surface area contributed by atoms with Gasteiger partial charge in [-0.3, -0.25) is 4.99 Å². The summed E-state index contributed by atoms with van der Waals surface area (Å²) in [6.07, 6.45) is 1.60. The van der Waals surface area contributed by atoms with Crippen LogP contribution in [0.1, 0.15) is 12.5 Å². The summed E-state index contributed by atoms with van der Waals surface area (Å²) >= 11 is 3.44. The summed E-state index contributed by atoms with van der Waals surface area (Å²) in [4.78, 5) is 11.1. The maximum absolute atomic E-state index is 10.4. The summed E-state index contributed by atoms with van der Waals surface area (Å²) in [7, 11) is 4.00. The van der Waals surface area contributed by atoms with Crippen molar-refractivity contribution in [2.45, 2.75) is 6.92 Å². The molecule has 0 saturated heterocycles. The van der Waals surface area contributed by atoms with Crippen molar-refractivity contribution in [3.05, 3.63) is 64.6 Å². The minimum absolute atomic E-state index is 0.0553. The molecule has 0 aliphatic rings. The van der Waals surface area contributed by atoms with Gasteiger partial charge in [0.15, 0.2) is 17.1 Å². The van der Waals surface area contributed by atoms with Gasteiger partial charge >= 0.3 is 0 Å². The Bertz CT molecular complexity index is 1250. The fourth-order valence-electron chi connectivity index (χ4n) is 3.12. The second-order valence-corrected chi connectivity index (χ2v) is 8.06. The summed E-state index contributed by atoms with van der Waals surface area (Å²) in [5.41, 5.74) is 4.69. The van der Waals surface area contributed by atoms with Gasteiger partial charge in [0, 0.05) is 41.6 Å². The highest BCUT2D eigenvalue weighted by Gasteiger charge is 2.11. The smallest absolute Gasteiger partial charge is 0.227 e. The molecule has 3 aromatic carbocycles. The van der Waals surface area contributed by atoms with Crippen molar-refractivity contribution >= 4 is 44.6 Å². The summed E-state index contributed by atoms with van der Waals surface area (Å²) in [5, 5.41) is 10.4. The largest absolute Gasteiger partial charge is 0.504 e. The predicted molar refractivity (Wildman–Crippen MR) is 128 cm³/mol. The number of phenolic OH excluding ortho intramolecular Hbond substituents is 1. The number of benzene rings is 3. The maximum Gasteiger partial charge on any atom is 0.227 e. The number of phenols is 1. The van der Waals surface area contributed by atoms with Gasteiger partial charge in [0.2, 0.25) is 5.89 Å². The molecule has 6 nitrogen and oxygen atoms in total. The number of hydrogen-bond acceptors (Lipinski definition) is 6. The van der Waals surface area contributed by atoms with E-state index in [4.69, 9.17) is 9.15 Å². The zero-order chi connectivity index (χ0) is 22.0. The molecule has 158 valence electrons. The highest BCUT2D eigenvalue weighted by atomic mass is 79.9. The molecular formula is C24H22BrN3O3. The summed E-state index contributed by atoms with van der Waals surface area (Å²) in [6.45, 7) is 2.33. The number of fused-ring (bicyclic) bond motifs is 1. The Morgan fingerprint density at radius 3 is 2.61 bits per heavy atom. The Kier molecular flexibility index (Phi) is 5.95. The SMILES string of the molecule is CCOc1cc(Br)cc(C=Nc2ccc3oc(-c4ccc(N(C)C)cc4)nc3c2)c1O. The van der Waals surface area contributed by atoms with Crippen LogP contribution in [0, 0.1) is 0 Å². The first-order valence-electron chi connectivity index (χ1n) is 9.82. The average molecular weight is 480 g/mol. The second-order valence-electron chi connectivity index (χ2n) is 7.15. The van der Waals surface area contributed by atoms with E-state index in [1.54, 1.807) is 18.3 Å². The molecule has 0 spiro atoms. The van der Waals surface area contributed by atoms with Crippen LogP contribution in [0.2, 0.25) is 0 Å². The molecule has 0 bridgehead atoms. The number of anilines is 1. The average Bonchev–Trinajstić information content (AvgIpc) is 3.18. The molecule has 0 saturated carbocycles. The molecule has 0 aliphatic heterocycles. The first-order valence-corrected chi connectivity index (χ1v) is 10.6. The minimum atomic E-state index is 0.0553. The molecule has 0 atom stereocenters. The van der Waals surface area contributed by atoms with Gasteiger partial charge in [-0.1, -0.05) is 15.9 Å². The van der Waals surface area contributed by atoms with E-state index in [9.17, 15) is 5.11 Å². The minimum Gasteiger partial charge on any atom is -0.504 e. The monoisotopic (exact) mass is 479 g/mol. The zero-order valence-electron chi connectivity index (χ0n) is 17.5. The summed E-state index contributed by atoms with van der Waals surface area (Å²) < 4.78 is 12.2. The fourth-order valence-corrected chi connectivity index (χ4v) is 3.58. The number of aliphatic imine (C=N–C) groups is 1. The van der Waals surface area contributed by atoms with Crippen LogP contribution >= 0.6 is 15.9 Å². The van der Waals surface area contributed by atoms with Crippen molar-refractivity contribution in [3.8, 4) is 23.0 Å². The molecule has 0 fully saturated rings. The van der Waals surface area contributed by atoms with E-state index < -0.39 is 0 Å². The van der Waals surface area contributed by atoms with Crippen LogP contribution in [0.4, 0.5) is 11.4 Å². The zero-order valence-corrected chi connectivity index (χ0v) is 19.0. The van der Waals surface area contributed by atoms with E-state index in [1.807, 2.05) is 68.4 Å². The molecule has 1 aromatic heterocycles. The first kappa shape index (κ1) is 20.9. The topological polar surface area (TPSA) is 71.1 Å². The Balaban J connectivity index is 1.62. The molecule has 4 rings (SSSR count). The Labute approximate surface area is 188 Å². The van der Waals surface area contributed by atoms with Gasteiger partial charge in [-0.05, 0) is 61.5 Å². The predicted octanol–water partition coefficient (Wildman–Crippen LogP) is 6.18. The van der Waals surface area contributed by atoms with E-state index in [-0.39, 0.29) is 5.75 Å². The summed E-state index contributed by atoms with van der Waals surface area (Å²) in [6, 6.07) is 17.1. The molecule has 1 heterocycles. The van der Waals surface area contributed by atoms with Crippen LogP contribution < -0.4 is 9.64 Å². The molecule has 0 radical (unpaired) electrons. The second kappa shape index (κ2) is 8.81. The van der Waals surface area contributed by atoms with Gasteiger partial charge in [-0.2, -0.15) is 0 Å². The number of aromatic nitrogens is 1. The van der Waals surface area contributed by atoms with Crippen LogP contribution in [-0.2, 0) is 0 Å². The normalized spacial score (nSPS) is 11.4. The van der Waals surface area contributed by atoms with Crippen LogP contribution in [0.25, 0.3) is 22.6 Å². The van der Waals surface area contributed by atoms with E-state index >= 15 is 0 Å². The standard InChI is InChI=1S/C24H22BrN3O3/c1-4-30-22-12-17(25)11-16(23(22)29)14-26-18-7-10-21-20(13-18)27-24(31-21)15-5-8-19(9-6-15)28(2)3/h5-14,29H,4H2,1-3H3. The van der Waals surface area contributed by atoms with Gasteiger partial charge in [-0.15, -0.1) is 0 Å². The number of hydrogen-bond donors (Lipinski definition) is 1. The number of nitrogens with zero attached hydrogens (tertiary/aromatic N) is 3. The first-order chi connectivity index (χ1) is 14.9. The fraction of sp³-hybridized carbons (Fsp3) is 0.167. The lowest BCUT2D eigenvalue weighted by Crippen LogP contribution is -2.07. The molecule has 0 unspecified atom stereocenters. The quantitative estimate of drug-likeness (QED) is 0.334. The van der Waals surface area contributed by atoms with E-state index in [0.29, 0.717) is 35.1 Å². The molecule has 0 amide bonds. The summed E-state index contributed by atoms with van der Waals surface area (Å²) in [5.74, 6) is 1.03. The number of halogens is 1. The van der Waals surface area contributed by atoms with Crippen molar-refractivity contribution < 1.29 is 14.3 Å². The molecule has 1 N–H and O–H groups in total. The Morgan fingerprint density at radius 1 is 1.13 bits per heavy atom. The number of aromatic hydroxyl groups is 1. The number of rotatable bonds is 6. The van der Waals surface area contributed by atoms with Gasteiger partial charge in [0.1, 0.15) is 5.52 Å². The van der Waals surface area contributed by atoms with Crippen molar-refractivity contribution in [2.75, 3.05) is 25.6 Å². The van der Waals surface area contributed by atoms with Gasteiger partial charge in [0.05, 0.1) is 12.3 Å². The van der Waals surface area contributed by atoms with E-state index in [0.717, 1.165) is 21.2 Å². The maximum atomic E-state index is 10.4. The Hall–Kier alpha value is -3.32. The molecular weight excluding hydrogens is 458 g/mol. The molecule has 4 aromatic rings. The van der Waals surface area contributed by atoms with Gasteiger partial charge in [-0.25, -0.2) is 4.98 Å². The van der Waals surface area contributed by atoms with Crippen molar-refractivity contribution in [2.24, 2.45) is 4.99 Å². The van der Waals surface area contributed by atoms with Crippen molar-refractivity contribution in [3.63, 3.8) is 0 Å². The Morgan fingerprint density at radius 2 is 1.90 bits per heavy atom. The van der Waals surface area contributed by atoms with Gasteiger partial charge in [0.25, 0.3) is 0 Å². The molecule has 0 aliphatic carbocycles. The van der Waals surface area contributed by atoms with E-state index in [2.05, 4.69) is 25.9 Å². The van der Waals surface area contributed by atoms with Crippen LogP contribution in [-0.4, -0.2) is 37.0 Å². The highest BCUT2D eigenvalue weighted by Crippen LogP contribution is 2.34. The van der Waals surface area contributed by atoms with Crippen molar-refractivity contribution in [1.82, 2.24) is 4.98 Å². The third-order valence-corrected chi connectivity index (χ3v) is 5.18. The number of oxazole rings is 1. The van der Waals surface area contributed by atoms with Crippen molar-refractivity contribution in [1.29, 1.82) is 0 Å². The molecule has 31 heavy (non-hydrogen) atoms. The van der Waals surface area contributed by atoms with Crippen LogP contribution in [0.3, 0.4) is 0 Å². The third kappa shape index (κ3) is 4.56. The third-order valence-electron chi connectivity index (χ3n) is 4.72. The lowest BCUT2D eigenvalue weighted by Gasteiger charge is -2.11. The highest BCUT2D eigenvalue weighted by molar-refractivity contribution is 9.10. The lowest BCUT2D eigenvalue weighted by atomic mass is 10.2. The lowest BCUT2D eigenvalue weighted by molar-refractivity contribution is 0.317. The van der Waals surface area contributed by atoms with E-state index in [1.165, 1.54) is 0 Å².